The number of hydrogen-bond donors (Lipinski definition) is 1. The summed E-state index contributed by atoms with van der Waals surface area (Å²) >= 11 is 0. The number of nitrogens with zero attached hydrogens (tertiary/aromatic N) is 5. The molecule has 0 radical (unpaired) electrons. The van der Waals surface area contributed by atoms with Crippen molar-refractivity contribution in [1.29, 1.82) is 5.26 Å². The summed E-state index contributed by atoms with van der Waals surface area (Å²) in [7, 11) is 0. The lowest BCUT2D eigenvalue weighted by Crippen LogP contribution is -2.35. The Labute approximate surface area is 146 Å². The van der Waals surface area contributed by atoms with Gasteiger partial charge in [0.15, 0.2) is 0 Å². The highest BCUT2D eigenvalue weighted by Crippen LogP contribution is 2.24. The van der Waals surface area contributed by atoms with E-state index < -0.39 is 6.17 Å². The number of nitriles is 1. The molecule has 1 saturated heterocycles. The number of aromatic nitrogens is 3. The summed E-state index contributed by atoms with van der Waals surface area (Å²) in [4.78, 5) is 14.8. The van der Waals surface area contributed by atoms with Gasteiger partial charge in [0, 0.05) is 37.2 Å². The number of nitrogens with one attached hydrogen (secondary N) is 1. The minimum atomic E-state index is -0.855. The summed E-state index contributed by atoms with van der Waals surface area (Å²) in [6.45, 7) is 5.18. The largest absolute Gasteiger partial charge is 0.382 e. The van der Waals surface area contributed by atoms with Gasteiger partial charge in [-0.2, -0.15) is 5.26 Å². The molecule has 1 aliphatic rings. The van der Waals surface area contributed by atoms with Crippen LogP contribution in [0.2, 0.25) is 0 Å². The summed E-state index contributed by atoms with van der Waals surface area (Å²) in [5.41, 5.74) is 2.85. The number of aryl methyl sites for hydroxylation is 2. The highest BCUT2D eigenvalue weighted by atomic mass is 19.1. The lowest BCUT2D eigenvalue weighted by atomic mass is 10.1. The van der Waals surface area contributed by atoms with Crippen LogP contribution in [0.5, 0.6) is 0 Å². The van der Waals surface area contributed by atoms with E-state index in [0.717, 1.165) is 11.4 Å². The van der Waals surface area contributed by atoms with E-state index in [1.165, 1.54) is 0 Å². The molecular weight excluding hydrogens is 319 g/mol. The van der Waals surface area contributed by atoms with Gasteiger partial charge in [-0.3, -0.25) is 9.88 Å². The Balaban J connectivity index is 1.70. The minimum absolute atomic E-state index is 0.0270. The van der Waals surface area contributed by atoms with Gasteiger partial charge < -0.3 is 5.32 Å². The van der Waals surface area contributed by atoms with E-state index in [-0.39, 0.29) is 6.04 Å². The summed E-state index contributed by atoms with van der Waals surface area (Å²) in [6, 6.07) is 5.85. The zero-order chi connectivity index (χ0) is 17.8. The molecule has 3 rings (SSSR count). The van der Waals surface area contributed by atoms with E-state index >= 15 is 0 Å². The third kappa shape index (κ3) is 4.09. The van der Waals surface area contributed by atoms with Crippen molar-refractivity contribution in [1.82, 2.24) is 19.9 Å². The van der Waals surface area contributed by atoms with Crippen LogP contribution in [0.25, 0.3) is 0 Å². The maximum absolute atomic E-state index is 14.0. The van der Waals surface area contributed by atoms with Crippen LogP contribution in [0.15, 0.2) is 24.5 Å². The third-order valence-electron chi connectivity index (χ3n) is 4.41. The Hall–Kier alpha value is -2.59. The first-order chi connectivity index (χ1) is 12.1. The van der Waals surface area contributed by atoms with Crippen molar-refractivity contribution in [2.75, 3.05) is 18.4 Å². The second kappa shape index (κ2) is 7.53. The second-order valence-electron chi connectivity index (χ2n) is 6.35. The highest BCUT2D eigenvalue weighted by molar-refractivity contribution is 5.59. The molecule has 0 aliphatic carbocycles. The highest BCUT2D eigenvalue weighted by Gasteiger charge is 2.32. The SMILES string of the molecule is Cc1cc(NC[C@@H]2C[C@H](F)CN2Cc2ncccn2)c(C#N)c(C)n1. The van der Waals surface area contributed by atoms with Crippen molar-refractivity contribution in [2.24, 2.45) is 0 Å². The van der Waals surface area contributed by atoms with Crippen molar-refractivity contribution in [3.63, 3.8) is 0 Å². The lowest BCUT2D eigenvalue weighted by Gasteiger charge is -2.24. The molecule has 1 N–H and O–H groups in total. The summed E-state index contributed by atoms with van der Waals surface area (Å²) < 4.78 is 14.0. The molecule has 6 nitrogen and oxygen atoms in total. The quantitative estimate of drug-likeness (QED) is 0.900. The summed E-state index contributed by atoms with van der Waals surface area (Å²) in [5, 5.41) is 12.7. The van der Waals surface area contributed by atoms with Gasteiger partial charge in [-0.05, 0) is 32.4 Å². The van der Waals surface area contributed by atoms with Gasteiger partial charge in [0.05, 0.1) is 23.5 Å². The monoisotopic (exact) mass is 340 g/mol. The van der Waals surface area contributed by atoms with Crippen molar-refractivity contribution < 1.29 is 4.39 Å². The van der Waals surface area contributed by atoms with E-state index in [1.54, 1.807) is 18.5 Å². The van der Waals surface area contributed by atoms with E-state index in [4.69, 9.17) is 0 Å². The van der Waals surface area contributed by atoms with Gasteiger partial charge in [-0.25, -0.2) is 14.4 Å². The number of anilines is 1. The van der Waals surface area contributed by atoms with Crippen LogP contribution >= 0.6 is 0 Å². The molecule has 3 heterocycles. The molecule has 0 aromatic carbocycles. The molecule has 2 aromatic rings. The maximum atomic E-state index is 14.0. The molecule has 0 spiro atoms. The van der Waals surface area contributed by atoms with Crippen LogP contribution in [-0.2, 0) is 6.54 Å². The van der Waals surface area contributed by atoms with Crippen LogP contribution < -0.4 is 5.32 Å². The first-order valence-corrected chi connectivity index (χ1v) is 8.33. The van der Waals surface area contributed by atoms with Crippen LogP contribution in [0.1, 0.15) is 29.2 Å². The number of rotatable bonds is 5. The van der Waals surface area contributed by atoms with Crippen LogP contribution in [-0.4, -0.2) is 45.2 Å². The lowest BCUT2D eigenvalue weighted by molar-refractivity contribution is 0.236. The Morgan fingerprint density at radius 3 is 2.84 bits per heavy atom. The molecule has 0 unspecified atom stereocenters. The molecular formula is C18H21FN6. The predicted molar refractivity (Wildman–Crippen MR) is 92.7 cm³/mol. The zero-order valence-corrected chi connectivity index (χ0v) is 14.4. The molecule has 0 amide bonds. The molecule has 1 aliphatic heterocycles. The normalized spacial score (nSPS) is 20.4. The molecule has 0 saturated carbocycles. The Kier molecular flexibility index (Phi) is 5.19. The average molecular weight is 340 g/mol. The Morgan fingerprint density at radius 2 is 2.12 bits per heavy atom. The van der Waals surface area contributed by atoms with E-state index in [0.29, 0.717) is 43.1 Å². The average Bonchev–Trinajstić information content (AvgIpc) is 2.93. The van der Waals surface area contributed by atoms with Gasteiger partial charge in [0.2, 0.25) is 0 Å². The molecule has 2 atom stereocenters. The van der Waals surface area contributed by atoms with E-state index in [1.807, 2.05) is 19.9 Å². The molecule has 0 bridgehead atoms. The van der Waals surface area contributed by atoms with Crippen molar-refractivity contribution in [3.05, 3.63) is 47.3 Å². The first kappa shape index (κ1) is 17.2. The van der Waals surface area contributed by atoms with Crippen LogP contribution in [0.3, 0.4) is 0 Å². The fourth-order valence-electron chi connectivity index (χ4n) is 3.26. The number of alkyl halides is 1. The Morgan fingerprint density at radius 1 is 1.36 bits per heavy atom. The van der Waals surface area contributed by atoms with Crippen molar-refractivity contribution in [2.45, 2.75) is 39.0 Å². The van der Waals surface area contributed by atoms with Gasteiger partial charge in [-0.1, -0.05) is 0 Å². The topological polar surface area (TPSA) is 77.7 Å². The van der Waals surface area contributed by atoms with Crippen molar-refractivity contribution >= 4 is 5.69 Å². The predicted octanol–water partition coefficient (Wildman–Crippen LogP) is 2.38. The van der Waals surface area contributed by atoms with Gasteiger partial charge >= 0.3 is 0 Å². The number of hydrogen-bond acceptors (Lipinski definition) is 6. The number of pyridine rings is 1. The fraction of sp³-hybridized carbons (Fsp3) is 0.444. The standard InChI is InChI=1S/C18H21FN6/c1-12-6-17(16(8-20)13(2)24-12)23-9-15-7-14(19)10-25(15)11-18-21-4-3-5-22-18/h3-6,14-15H,7,9-11H2,1-2H3,(H,23,24)/t14-,15-/m0/s1. The molecule has 2 aromatic heterocycles. The smallest absolute Gasteiger partial charge is 0.142 e. The summed E-state index contributed by atoms with van der Waals surface area (Å²) in [6.07, 6.45) is 3.00. The van der Waals surface area contributed by atoms with Crippen molar-refractivity contribution in [3.8, 4) is 6.07 Å². The molecule has 130 valence electrons. The third-order valence-corrected chi connectivity index (χ3v) is 4.41. The Bertz CT molecular complexity index is 773. The van der Waals surface area contributed by atoms with Gasteiger partial charge in [0.25, 0.3) is 0 Å². The zero-order valence-electron chi connectivity index (χ0n) is 14.4. The molecule has 25 heavy (non-hydrogen) atoms. The molecule has 7 heteroatoms. The second-order valence-corrected chi connectivity index (χ2v) is 6.35. The number of halogens is 1. The maximum Gasteiger partial charge on any atom is 0.142 e. The van der Waals surface area contributed by atoms with Gasteiger partial charge in [-0.15, -0.1) is 0 Å². The van der Waals surface area contributed by atoms with Gasteiger partial charge in [0.1, 0.15) is 18.1 Å². The summed E-state index contributed by atoms with van der Waals surface area (Å²) in [5.74, 6) is 0.690. The first-order valence-electron chi connectivity index (χ1n) is 8.33. The van der Waals surface area contributed by atoms with Crippen LogP contribution in [0, 0.1) is 25.2 Å². The molecule has 1 fully saturated rings. The minimum Gasteiger partial charge on any atom is -0.382 e. The fourth-order valence-corrected chi connectivity index (χ4v) is 3.26. The number of likely N-dealkylation sites (tertiary alicyclic amines) is 1. The van der Waals surface area contributed by atoms with E-state index in [9.17, 15) is 9.65 Å². The van der Waals surface area contributed by atoms with E-state index in [2.05, 4.69) is 31.2 Å². The van der Waals surface area contributed by atoms with Crippen LogP contribution in [0.4, 0.5) is 10.1 Å².